The van der Waals surface area contributed by atoms with Crippen molar-refractivity contribution in [3.05, 3.63) is 64.7 Å². The van der Waals surface area contributed by atoms with Crippen molar-refractivity contribution in [3.63, 3.8) is 0 Å². The molecule has 0 heterocycles. The molecule has 1 nitrogen and oxygen atoms in total. The van der Waals surface area contributed by atoms with Crippen LogP contribution in [-0.2, 0) is 0 Å². The van der Waals surface area contributed by atoms with Crippen LogP contribution in [0.4, 0.5) is 0 Å². The normalized spacial score (nSPS) is 10.2. The van der Waals surface area contributed by atoms with Gasteiger partial charge in [-0.2, -0.15) is 0 Å². The summed E-state index contributed by atoms with van der Waals surface area (Å²) in [5.41, 5.74) is 1.35. The zero-order chi connectivity index (χ0) is 12.3. The van der Waals surface area contributed by atoms with Gasteiger partial charge in [0.25, 0.3) is 0 Å². The van der Waals surface area contributed by atoms with E-state index in [1.54, 1.807) is 23.9 Å². The van der Waals surface area contributed by atoms with E-state index in [1.165, 1.54) is 0 Å². The highest BCUT2D eigenvalue weighted by Crippen LogP contribution is 2.26. The molecule has 0 aliphatic rings. The summed E-state index contributed by atoms with van der Waals surface area (Å²) in [6, 6.07) is 14.6. The van der Waals surface area contributed by atoms with Crippen LogP contribution in [0.3, 0.4) is 0 Å². The molecule has 0 saturated heterocycles. The molecule has 0 aliphatic carbocycles. The average molecular weight is 263 g/mol. The lowest BCUT2D eigenvalue weighted by Gasteiger charge is -2.07. The monoisotopic (exact) mass is 262 g/mol. The molecule has 3 heteroatoms. The number of hydrogen-bond acceptors (Lipinski definition) is 2. The van der Waals surface area contributed by atoms with Crippen LogP contribution in [0.15, 0.2) is 53.4 Å². The third-order valence-corrected chi connectivity index (χ3v) is 3.47. The van der Waals surface area contributed by atoms with E-state index < -0.39 is 0 Å². The van der Waals surface area contributed by atoms with E-state index >= 15 is 0 Å². The Labute approximate surface area is 110 Å². The van der Waals surface area contributed by atoms with Crippen molar-refractivity contribution in [3.8, 4) is 0 Å². The zero-order valence-corrected chi connectivity index (χ0v) is 10.9. The number of benzene rings is 2. The second-order valence-electron chi connectivity index (χ2n) is 3.54. The summed E-state index contributed by atoms with van der Waals surface area (Å²) in [5.74, 6) is 0.0115. The van der Waals surface area contributed by atoms with Crippen LogP contribution in [0.1, 0.15) is 15.9 Å². The van der Waals surface area contributed by atoms with Crippen molar-refractivity contribution >= 4 is 29.1 Å². The fourth-order valence-electron chi connectivity index (χ4n) is 1.60. The molecule has 0 radical (unpaired) electrons. The van der Waals surface area contributed by atoms with Gasteiger partial charge in [-0.15, -0.1) is 11.8 Å². The van der Waals surface area contributed by atoms with Crippen molar-refractivity contribution in [2.45, 2.75) is 4.90 Å². The zero-order valence-electron chi connectivity index (χ0n) is 9.31. The van der Waals surface area contributed by atoms with Gasteiger partial charge in [0.1, 0.15) is 0 Å². The number of carbonyl (C=O) groups is 1. The van der Waals surface area contributed by atoms with E-state index in [0.717, 1.165) is 4.90 Å². The van der Waals surface area contributed by atoms with Crippen molar-refractivity contribution < 1.29 is 4.79 Å². The van der Waals surface area contributed by atoms with Gasteiger partial charge in [0.2, 0.25) is 0 Å². The third-order valence-electron chi connectivity index (χ3n) is 2.44. The SMILES string of the molecule is CSc1ccc(Cl)cc1C(=O)c1ccccc1. The van der Waals surface area contributed by atoms with Gasteiger partial charge in [-0.05, 0) is 24.5 Å². The first kappa shape index (κ1) is 12.2. The first-order valence-electron chi connectivity index (χ1n) is 5.15. The first-order valence-corrected chi connectivity index (χ1v) is 6.76. The maximum atomic E-state index is 12.3. The smallest absolute Gasteiger partial charge is 0.194 e. The largest absolute Gasteiger partial charge is 0.289 e. The maximum Gasteiger partial charge on any atom is 0.194 e. The molecule has 0 unspecified atom stereocenters. The summed E-state index contributed by atoms with van der Waals surface area (Å²) in [4.78, 5) is 13.3. The molecule has 0 N–H and O–H groups in total. The molecular formula is C14H11ClOS. The molecule has 0 spiro atoms. The van der Waals surface area contributed by atoms with Crippen LogP contribution in [0.2, 0.25) is 5.02 Å². The van der Waals surface area contributed by atoms with Crippen LogP contribution in [0, 0.1) is 0 Å². The minimum Gasteiger partial charge on any atom is -0.289 e. The van der Waals surface area contributed by atoms with Gasteiger partial charge in [-0.1, -0.05) is 41.9 Å². The summed E-state index contributed by atoms with van der Waals surface area (Å²) in [7, 11) is 0. The predicted octanol–water partition coefficient (Wildman–Crippen LogP) is 4.29. The highest BCUT2D eigenvalue weighted by molar-refractivity contribution is 7.98. The number of carbonyl (C=O) groups excluding carboxylic acids is 1. The van der Waals surface area contributed by atoms with Crippen LogP contribution >= 0.6 is 23.4 Å². The van der Waals surface area contributed by atoms with E-state index in [2.05, 4.69) is 0 Å². The molecular weight excluding hydrogens is 252 g/mol. The minimum absolute atomic E-state index is 0.0115. The average Bonchev–Trinajstić information content (AvgIpc) is 2.39. The second kappa shape index (κ2) is 5.39. The van der Waals surface area contributed by atoms with Gasteiger partial charge in [-0.3, -0.25) is 4.79 Å². The molecule has 0 saturated carbocycles. The molecule has 0 aliphatic heterocycles. The number of thioether (sulfide) groups is 1. The fraction of sp³-hybridized carbons (Fsp3) is 0.0714. The second-order valence-corrected chi connectivity index (χ2v) is 4.82. The van der Waals surface area contributed by atoms with Crippen LogP contribution in [-0.4, -0.2) is 12.0 Å². The summed E-state index contributed by atoms with van der Waals surface area (Å²) in [6.45, 7) is 0. The van der Waals surface area contributed by atoms with Crippen molar-refractivity contribution in [1.82, 2.24) is 0 Å². The molecule has 2 aromatic rings. The van der Waals surface area contributed by atoms with Crippen molar-refractivity contribution in [2.75, 3.05) is 6.26 Å². The Hall–Kier alpha value is -1.25. The minimum atomic E-state index is 0.0115. The van der Waals surface area contributed by atoms with E-state index in [1.807, 2.05) is 42.7 Å². The Balaban J connectivity index is 2.47. The fourth-order valence-corrected chi connectivity index (χ4v) is 2.35. The third kappa shape index (κ3) is 2.71. The number of ketones is 1. The van der Waals surface area contributed by atoms with Gasteiger partial charge < -0.3 is 0 Å². The standard InChI is InChI=1S/C14H11ClOS/c1-17-13-8-7-11(15)9-12(13)14(16)10-5-3-2-4-6-10/h2-9H,1H3. The lowest BCUT2D eigenvalue weighted by Crippen LogP contribution is -2.02. The molecule has 0 aromatic heterocycles. The highest BCUT2D eigenvalue weighted by atomic mass is 35.5. The van der Waals surface area contributed by atoms with Gasteiger partial charge >= 0.3 is 0 Å². The summed E-state index contributed by atoms with van der Waals surface area (Å²) >= 11 is 7.49. The van der Waals surface area contributed by atoms with Gasteiger partial charge in [-0.25, -0.2) is 0 Å². The van der Waals surface area contributed by atoms with Gasteiger partial charge in [0.05, 0.1) is 0 Å². The lowest BCUT2D eigenvalue weighted by atomic mass is 10.0. The molecule has 2 aromatic carbocycles. The van der Waals surface area contributed by atoms with E-state index in [-0.39, 0.29) is 5.78 Å². The Bertz CT molecular complexity index is 537. The highest BCUT2D eigenvalue weighted by Gasteiger charge is 2.13. The summed E-state index contributed by atoms with van der Waals surface area (Å²) in [5, 5.41) is 0.585. The molecule has 0 atom stereocenters. The Kier molecular flexibility index (Phi) is 3.87. The van der Waals surface area contributed by atoms with Crippen LogP contribution < -0.4 is 0 Å². The van der Waals surface area contributed by atoms with E-state index in [9.17, 15) is 4.79 Å². The summed E-state index contributed by atoms with van der Waals surface area (Å²) < 4.78 is 0. The molecule has 2 rings (SSSR count). The topological polar surface area (TPSA) is 17.1 Å². The van der Waals surface area contributed by atoms with Crippen molar-refractivity contribution in [1.29, 1.82) is 0 Å². The van der Waals surface area contributed by atoms with Gasteiger partial charge in [0, 0.05) is 21.0 Å². The predicted molar refractivity (Wildman–Crippen MR) is 73.1 cm³/mol. The lowest BCUT2D eigenvalue weighted by molar-refractivity contribution is 0.103. The Morgan fingerprint density at radius 3 is 2.47 bits per heavy atom. The molecule has 0 bridgehead atoms. The maximum absolute atomic E-state index is 12.3. The van der Waals surface area contributed by atoms with Crippen LogP contribution in [0.25, 0.3) is 0 Å². The number of rotatable bonds is 3. The molecule has 0 amide bonds. The Morgan fingerprint density at radius 2 is 1.82 bits per heavy atom. The molecule has 86 valence electrons. The quantitative estimate of drug-likeness (QED) is 0.606. The van der Waals surface area contributed by atoms with Gasteiger partial charge in [0.15, 0.2) is 5.78 Å². The Morgan fingerprint density at radius 1 is 1.12 bits per heavy atom. The molecule has 17 heavy (non-hydrogen) atoms. The number of halogens is 1. The molecule has 0 fully saturated rings. The number of hydrogen-bond donors (Lipinski definition) is 0. The summed E-state index contributed by atoms with van der Waals surface area (Å²) in [6.07, 6.45) is 1.95. The first-order chi connectivity index (χ1) is 8.22. The van der Waals surface area contributed by atoms with E-state index in [0.29, 0.717) is 16.1 Å². The van der Waals surface area contributed by atoms with Crippen molar-refractivity contribution in [2.24, 2.45) is 0 Å². The van der Waals surface area contributed by atoms with E-state index in [4.69, 9.17) is 11.6 Å². The van der Waals surface area contributed by atoms with Crippen LogP contribution in [0.5, 0.6) is 0 Å².